The van der Waals surface area contributed by atoms with E-state index < -0.39 is 15.8 Å². The summed E-state index contributed by atoms with van der Waals surface area (Å²) in [5.41, 5.74) is 1.86. The highest BCUT2D eigenvalue weighted by Gasteiger charge is 2.16. The molecule has 0 rings (SSSR count). The molecular formula is C4H7IN2O3. The lowest BCUT2D eigenvalue weighted by molar-refractivity contribution is -0.138. The molecular weight excluding hydrogens is 251 g/mol. The van der Waals surface area contributed by atoms with Gasteiger partial charge in [-0.15, -0.1) is 0 Å². The SMILES string of the molecule is NNC(=O)C(I)CC(=O)O. The fraction of sp³-hybridized carbons (Fsp3) is 0.500. The Morgan fingerprint density at radius 2 is 2.20 bits per heavy atom. The number of carbonyl (C=O) groups excluding carboxylic acids is 1. The molecule has 0 saturated heterocycles. The van der Waals surface area contributed by atoms with Gasteiger partial charge in [-0.3, -0.25) is 15.0 Å². The Bertz CT molecular complexity index is 149. The zero-order valence-electron chi connectivity index (χ0n) is 5.00. The Morgan fingerprint density at radius 3 is 2.50 bits per heavy atom. The number of hydrogen-bond acceptors (Lipinski definition) is 3. The Hall–Kier alpha value is -0.370. The number of nitrogens with one attached hydrogen (secondary N) is 1. The smallest absolute Gasteiger partial charge is 0.304 e. The van der Waals surface area contributed by atoms with E-state index in [2.05, 4.69) is 0 Å². The third-order valence-electron chi connectivity index (χ3n) is 0.781. The quantitative estimate of drug-likeness (QED) is 0.204. The van der Waals surface area contributed by atoms with Crippen LogP contribution in [0.4, 0.5) is 0 Å². The molecule has 4 N–H and O–H groups in total. The van der Waals surface area contributed by atoms with Gasteiger partial charge in [-0.05, 0) is 0 Å². The van der Waals surface area contributed by atoms with Gasteiger partial charge in [0.05, 0.1) is 6.42 Å². The number of alkyl halides is 1. The van der Waals surface area contributed by atoms with Crippen molar-refractivity contribution in [1.29, 1.82) is 0 Å². The van der Waals surface area contributed by atoms with Gasteiger partial charge in [0.15, 0.2) is 0 Å². The van der Waals surface area contributed by atoms with Gasteiger partial charge >= 0.3 is 5.97 Å². The number of hydrogen-bond donors (Lipinski definition) is 3. The highest BCUT2D eigenvalue weighted by Crippen LogP contribution is 2.04. The molecule has 5 nitrogen and oxygen atoms in total. The van der Waals surface area contributed by atoms with E-state index in [4.69, 9.17) is 10.9 Å². The van der Waals surface area contributed by atoms with Crippen LogP contribution in [0.15, 0.2) is 0 Å². The molecule has 0 aliphatic rings. The molecule has 0 heterocycles. The first kappa shape index (κ1) is 9.63. The molecule has 1 unspecified atom stereocenters. The first-order valence-corrected chi connectivity index (χ1v) is 3.68. The average Bonchev–Trinajstić information content (AvgIpc) is 1.85. The van der Waals surface area contributed by atoms with Crippen molar-refractivity contribution in [1.82, 2.24) is 5.43 Å². The second-order valence-corrected chi connectivity index (χ2v) is 3.08. The minimum atomic E-state index is -1.01. The number of rotatable bonds is 3. The molecule has 6 heteroatoms. The standard InChI is InChI=1S/C4H7IN2O3/c5-2(1-3(8)9)4(10)7-6/h2H,1,6H2,(H,7,10)(H,8,9). The molecule has 0 aliphatic carbocycles. The largest absolute Gasteiger partial charge is 0.481 e. The molecule has 1 amide bonds. The number of halogens is 1. The number of amides is 1. The van der Waals surface area contributed by atoms with E-state index in [1.54, 1.807) is 22.6 Å². The first-order chi connectivity index (χ1) is 4.57. The maximum absolute atomic E-state index is 10.5. The van der Waals surface area contributed by atoms with Gasteiger partial charge in [0.2, 0.25) is 5.91 Å². The van der Waals surface area contributed by atoms with Crippen molar-refractivity contribution in [2.75, 3.05) is 0 Å². The maximum atomic E-state index is 10.5. The monoisotopic (exact) mass is 258 g/mol. The fourth-order valence-corrected chi connectivity index (χ4v) is 0.893. The van der Waals surface area contributed by atoms with E-state index in [1.165, 1.54) is 0 Å². The van der Waals surface area contributed by atoms with Crippen molar-refractivity contribution in [3.63, 3.8) is 0 Å². The fourth-order valence-electron chi connectivity index (χ4n) is 0.336. The number of carbonyl (C=O) groups is 2. The lowest BCUT2D eigenvalue weighted by Gasteiger charge is -2.02. The van der Waals surface area contributed by atoms with Crippen molar-refractivity contribution in [3.05, 3.63) is 0 Å². The summed E-state index contributed by atoms with van der Waals surface area (Å²) >= 11 is 1.71. The molecule has 1 atom stereocenters. The highest BCUT2D eigenvalue weighted by molar-refractivity contribution is 14.1. The van der Waals surface area contributed by atoms with Crippen LogP contribution >= 0.6 is 22.6 Å². The lowest BCUT2D eigenvalue weighted by Crippen LogP contribution is -2.37. The molecule has 0 aromatic carbocycles. The Labute approximate surface area is 71.1 Å². The summed E-state index contributed by atoms with van der Waals surface area (Å²) in [6, 6.07) is 0. The van der Waals surface area contributed by atoms with Crippen molar-refractivity contribution < 1.29 is 14.7 Å². The molecule has 10 heavy (non-hydrogen) atoms. The minimum Gasteiger partial charge on any atom is -0.481 e. The minimum absolute atomic E-state index is 0.205. The van der Waals surface area contributed by atoms with Crippen LogP contribution in [0.5, 0.6) is 0 Å². The third kappa shape index (κ3) is 3.62. The average molecular weight is 258 g/mol. The van der Waals surface area contributed by atoms with Gasteiger partial charge in [0.25, 0.3) is 0 Å². The predicted octanol–water partition coefficient (Wildman–Crippen LogP) is -0.745. The molecule has 0 spiro atoms. The maximum Gasteiger partial charge on any atom is 0.304 e. The van der Waals surface area contributed by atoms with E-state index in [9.17, 15) is 9.59 Å². The van der Waals surface area contributed by atoms with Gasteiger partial charge in [-0.2, -0.15) is 0 Å². The summed E-state index contributed by atoms with van der Waals surface area (Å²) in [4.78, 5) is 20.5. The van der Waals surface area contributed by atoms with Crippen LogP contribution in [0, 0.1) is 0 Å². The third-order valence-corrected chi connectivity index (χ3v) is 1.79. The summed E-state index contributed by atoms with van der Waals surface area (Å²) in [5, 5.41) is 8.20. The van der Waals surface area contributed by atoms with Crippen LogP contribution < -0.4 is 11.3 Å². The molecule has 58 valence electrons. The van der Waals surface area contributed by atoms with Crippen molar-refractivity contribution >= 4 is 34.5 Å². The number of nitrogens with two attached hydrogens (primary N) is 1. The second-order valence-electron chi connectivity index (χ2n) is 1.57. The Morgan fingerprint density at radius 1 is 1.70 bits per heavy atom. The molecule has 0 aromatic rings. The molecule has 0 fully saturated rings. The molecule has 0 aromatic heterocycles. The summed E-state index contributed by atoms with van der Waals surface area (Å²) in [5.74, 6) is 3.27. The van der Waals surface area contributed by atoms with Gasteiger partial charge in [-0.1, -0.05) is 22.6 Å². The summed E-state index contributed by atoms with van der Waals surface area (Å²) in [7, 11) is 0. The number of aliphatic carboxylic acids is 1. The van der Waals surface area contributed by atoms with Crippen LogP contribution in [-0.4, -0.2) is 20.9 Å². The van der Waals surface area contributed by atoms with E-state index in [0.29, 0.717) is 0 Å². The van der Waals surface area contributed by atoms with Gasteiger partial charge in [0, 0.05) is 0 Å². The zero-order valence-corrected chi connectivity index (χ0v) is 7.16. The van der Waals surface area contributed by atoms with E-state index in [0.717, 1.165) is 0 Å². The topological polar surface area (TPSA) is 92.4 Å². The van der Waals surface area contributed by atoms with Crippen LogP contribution in [-0.2, 0) is 9.59 Å². The molecule has 0 aliphatic heterocycles. The lowest BCUT2D eigenvalue weighted by atomic mass is 10.3. The second kappa shape index (κ2) is 4.45. The first-order valence-electron chi connectivity index (χ1n) is 2.44. The molecule has 0 saturated carbocycles. The van der Waals surface area contributed by atoms with Crippen LogP contribution in [0.3, 0.4) is 0 Å². The van der Waals surface area contributed by atoms with Crippen LogP contribution in [0.1, 0.15) is 6.42 Å². The van der Waals surface area contributed by atoms with Crippen LogP contribution in [0.2, 0.25) is 0 Å². The van der Waals surface area contributed by atoms with Gasteiger partial charge < -0.3 is 5.11 Å². The predicted molar refractivity (Wildman–Crippen MR) is 42.4 cm³/mol. The van der Waals surface area contributed by atoms with E-state index in [1.807, 2.05) is 5.43 Å². The normalized spacial score (nSPS) is 12.2. The Balaban J connectivity index is 3.72. The Kier molecular flexibility index (Phi) is 4.28. The number of hydrazine groups is 1. The summed E-state index contributed by atoms with van der Waals surface area (Å²) in [6.07, 6.45) is -0.205. The summed E-state index contributed by atoms with van der Waals surface area (Å²) < 4.78 is -0.597. The van der Waals surface area contributed by atoms with E-state index in [-0.39, 0.29) is 6.42 Å². The molecule has 0 bridgehead atoms. The van der Waals surface area contributed by atoms with Crippen molar-refractivity contribution in [2.45, 2.75) is 10.3 Å². The van der Waals surface area contributed by atoms with Crippen molar-refractivity contribution in [2.24, 2.45) is 5.84 Å². The number of carboxylic acid groups (broad SMARTS) is 1. The summed E-state index contributed by atoms with van der Waals surface area (Å²) in [6.45, 7) is 0. The van der Waals surface area contributed by atoms with Crippen molar-refractivity contribution in [3.8, 4) is 0 Å². The van der Waals surface area contributed by atoms with Crippen LogP contribution in [0.25, 0.3) is 0 Å². The van der Waals surface area contributed by atoms with E-state index >= 15 is 0 Å². The number of carboxylic acids is 1. The highest BCUT2D eigenvalue weighted by atomic mass is 127. The van der Waals surface area contributed by atoms with Gasteiger partial charge in [-0.25, -0.2) is 5.84 Å². The van der Waals surface area contributed by atoms with Gasteiger partial charge in [0.1, 0.15) is 3.92 Å². The zero-order chi connectivity index (χ0) is 8.15. The molecule has 0 radical (unpaired) electrons.